The molecule has 0 atom stereocenters. The van der Waals surface area contributed by atoms with Gasteiger partial charge in [0.25, 0.3) is 11.8 Å². The largest absolute Gasteiger partial charge is 0.376 e. The Bertz CT molecular complexity index is 878. The second-order valence-corrected chi connectivity index (χ2v) is 6.80. The van der Waals surface area contributed by atoms with Crippen LogP contribution < -0.4 is 16.0 Å². The molecular weight excluding hydrogens is 380 g/mol. The molecule has 0 saturated heterocycles. The summed E-state index contributed by atoms with van der Waals surface area (Å²) >= 11 is 0. The maximum Gasteiger partial charge on any atom is 0.253 e. The van der Waals surface area contributed by atoms with Gasteiger partial charge in [0.1, 0.15) is 0 Å². The number of hydrogen-bond acceptors (Lipinski definition) is 4. The Morgan fingerprint density at radius 2 is 1.50 bits per heavy atom. The molecule has 7 nitrogen and oxygen atoms in total. The summed E-state index contributed by atoms with van der Waals surface area (Å²) < 4.78 is 0. The lowest BCUT2D eigenvalue weighted by atomic mass is 10.1. The van der Waals surface area contributed by atoms with Gasteiger partial charge in [0, 0.05) is 42.1 Å². The lowest BCUT2D eigenvalue weighted by Crippen LogP contribution is -2.30. The topological polar surface area (TPSA) is 90.5 Å². The quantitative estimate of drug-likeness (QED) is 0.560. The Morgan fingerprint density at radius 1 is 0.867 bits per heavy atom. The number of carbonyl (C=O) groups is 3. The highest BCUT2D eigenvalue weighted by Crippen LogP contribution is 2.14. The smallest absolute Gasteiger partial charge is 0.253 e. The molecule has 3 N–H and O–H groups in total. The first-order chi connectivity index (χ1) is 14.5. The third kappa shape index (κ3) is 6.62. The van der Waals surface area contributed by atoms with Crippen LogP contribution in [0, 0.1) is 0 Å². The van der Waals surface area contributed by atoms with Crippen molar-refractivity contribution < 1.29 is 14.4 Å². The lowest BCUT2D eigenvalue weighted by Gasteiger charge is -2.19. The van der Waals surface area contributed by atoms with Crippen LogP contribution in [0.5, 0.6) is 0 Å². The Kier molecular flexibility index (Phi) is 8.87. The summed E-state index contributed by atoms with van der Waals surface area (Å²) in [5, 5.41) is 8.65. The van der Waals surface area contributed by atoms with Gasteiger partial charge in [-0.25, -0.2) is 0 Å². The fraction of sp³-hybridized carbons (Fsp3) is 0.348. The normalized spacial score (nSPS) is 10.2. The molecule has 30 heavy (non-hydrogen) atoms. The zero-order chi connectivity index (χ0) is 21.9. The number of nitrogens with one attached hydrogen (secondary N) is 3. The molecule has 7 heteroatoms. The predicted octanol–water partition coefficient (Wildman–Crippen LogP) is 3.36. The Morgan fingerprint density at radius 3 is 2.17 bits per heavy atom. The number of hydrogen-bond donors (Lipinski definition) is 3. The van der Waals surface area contributed by atoms with Gasteiger partial charge >= 0.3 is 0 Å². The van der Waals surface area contributed by atoms with Crippen molar-refractivity contribution in [1.82, 2.24) is 10.2 Å². The van der Waals surface area contributed by atoms with Gasteiger partial charge in [-0.3, -0.25) is 14.4 Å². The minimum atomic E-state index is -0.247. The van der Waals surface area contributed by atoms with Crippen molar-refractivity contribution >= 4 is 29.1 Å². The van der Waals surface area contributed by atoms with Gasteiger partial charge in [-0.1, -0.05) is 19.1 Å². The van der Waals surface area contributed by atoms with E-state index in [-0.39, 0.29) is 24.3 Å². The highest BCUT2D eigenvalue weighted by molar-refractivity contribution is 5.98. The van der Waals surface area contributed by atoms with Crippen LogP contribution in [-0.4, -0.2) is 48.8 Å². The zero-order valence-corrected chi connectivity index (χ0v) is 17.8. The second kappa shape index (κ2) is 11.6. The van der Waals surface area contributed by atoms with E-state index < -0.39 is 0 Å². The average Bonchev–Trinajstić information content (AvgIpc) is 2.77. The third-order valence-corrected chi connectivity index (χ3v) is 4.56. The highest BCUT2D eigenvalue weighted by atomic mass is 16.2. The van der Waals surface area contributed by atoms with Crippen molar-refractivity contribution in [2.75, 3.05) is 36.8 Å². The number of amides is 3. The number of rotatable bonds is 10. The average molecular weight is 411 g/mol. The molecule has 0 fully saturated rings. The van der Waals surface area contributed by atoms with E-state index in [1.165, 1.54) is 0 Å². The van der Waals surface area contributed by atoms with Crippen LogP contribution in [0.25, 0.3) is 0 Å². The Balaban J connectivity index is 1.95. The van der Waals surface area contributed by atoms with Crippen molar-refractivity contribution in [3.05, 3.63) is 59.7 Å². The molecule has 0 spiro atoms. The lowest BCUT2D eigenvalue weighted by molar-refractivity contribution is -0.114. The van der Waals surface area contributed by atoms with Crippen molar-refractivity contribution in [2.45, 2.75) is 27.2 Å². The van der Waals surface area contributed by atoms with Crippen LogP contribution in [0.3, 0.4) is 0 Å². The molecule has 3 amide bonds. The standard InChI is InChI=1S/C23H30N4O3/c1-4-13-24-22(29)17-9-7-11-19(14-17)25-16-21(28)26-20-12-8-10-18(15-20)23(30)27(5-2)6-3/h7-12,14-15,25H,4-6,13,16H2,1-3H3,(H,24,29)(H,26,28). The summed E-state index contributed by atoms with van der Waals surface area (Å²) in [6.45, 7) is 7.77. The molecule has 0 bridgehead atoms. The van der Waals surface area contributed by atoms with Gasteiger partial charge in [0.05, 0.1) is 6.54 Å². The minimum absolute atomic E-state index is 0.0360. The van der Waals surface area contributed by atoms with E-state index in [1.807, 2.05) is 20.8 Å². The molecule has 0 aliphatic rings. The second-order valence-electron chi connectivity index (χ2n) is 6.80. The molecule has 2 aromatic carbocycles. The van der Waals surface area contributed by atoms with Crippen molar-refractivity contribution in [2.24, 2.45) is 0 Å². The molecule has 160 valence electrons. The Labute approximate surface area is 177 Å². The van der Waals surface area contributed by atoms with Crippen LogP contribution >= 0.6 is 0 Å². The summed E-state index contributed by atoms with van der Waals surface area (Å²) in [4.78, 5) is 38.6. The maximum atomic E-state index is 12.5. The monoisotopic (exact) mass is 410 g/mol. The summed E-state index contributed by atoms with van der Waals surface area (Å²) in [6.07, 6.45) is 0.867. The van der Waals surface area contributed by atoms with E-state index in [9.17, 15) is 14.4 Å². The van der Waals surface area contributed by atoms with Crippen LogP contribution in [0.4, 0.5) is 11.4 Å². The van der Waals surface area contributed by atoms with E-state index in [4.69, 9.17) is 0 Å². The minimum Gasteiger partial charge on any atom is -0.376 e. The molecular formula is C23H30N4O3. The van der Waals surface area contributed by atoms with Gasteiger partial charge in [0.2, 0.25) is 5.91 Å². The van der Waals surface area contributed by atoms with E-state index >= 15 is 0 Å². The third-order valence-electron chi connectivity index (χ3n) is 4.56. The SMILES string of the molecule is CCCNC(=O)c1cccc(NCC(=O)Nc2cccc(C(=O)N(CC)CC)c2)c1. The summed E-state index contributed by atoms with van der Waals surface area (Å²) in [5.74, 6) is -0.449. The van der Waals surface area contributed by atoms with Gasteiger partial charge in [-0.15, -0.1) is 0 Å². The summed E-state index contributed by atoms with van der Waals surface area (Å²) in [5.41, 5.74) is 2.32. The maximum absolute atomic E-state index is 12.5. The van der Waals surface area contributed by atoms with Crippen molar-refractivity contribution in [3.63, 3.8) is 0 Å². The van der Waals surface area contributed by atoms with Gasteiger partial charge < -0.3 is 20.9 Å². The number of carbonyl (C=O) groups excluding carboxylic acids is 3. The molecule has 0 aliphatic heterocycles. The van der Waals surface area contributed by atoms with Crippen molar-refractivity contribution in [3.8, 4) is 0 Å². The molecule has 0 aliphatic carbocycles. The molecule has 0 heterocycles. The molecule has 0 saturated carbocycles. The molecule has 0 aromatic heterocycles. The molecule has 2 aromatic rings. The number of anilines is 2. The summed E-state index contributed by atoms with van der Waals surface area (Å²) in [6, 6.07) is 13.9. The zero-order valence-electron chi connectivity index (χ0n) is 17.8. The first kappa shape index (κ1) is 22.9. The summed E-state index contributed by atoms with van der Waals surface area (Å²) in [7, 11) is 0. The van der Waals surface area contributed by atoms with Gasteiger partial charge in [-0.2, -0.15) is 0 Å². The molecule has 0 radical (unpaired) electrons. The predicted molar refractivity (Wildman–Crippen MR) is 120 cm³/mol. The van der Waals surface area contributed by atoms with Gasteiger partial charge in [-0.05, 0) is 56.7 Å². The van der Waals surface area contributed by atoms with E-state index in [2.05, 4.69) is 16.0 Å². The fourth-order valence-corrected chi connectivity index (χ4v) is 2.92. The molecule has 0 unspecified atom stereocenters. The first-order valence-electron chi connectivity index (χ1n) is 10.3. The fourth-order valence-electron chi connectivity index (χ4n) is 2.92. The first-order valence-corrected chi connectivity index (χ1v) is 10.3. The van der Waals surface area contributed by atoms with Crippen molar-refractivity contribution in [1.29, 1.82) is 0 Å². The number of benzene rings is 2. The highest BCUT2D eigenvalue weighted by Gasteiger charge is 2.13. The number of nitrogens with zero attached hydrogens (tertiary/aromatic N) is 1. The van der Waals surface area contributed by atoms with E-state index in [0.717, 1.165) is 6.42 Å². The van der Waals surface area contributed by atoms with E-state index in [1.54, 1.807) is 53.4 Å². The van der Waals surface area contributed by atoms with Crippen LogP contribution in [0.15, 0.2) is 48.5 Å². The Hall–Kier alpha value is -3.35. The van der Waals surface area contributed by atoms with Crippen LogP contribution in [-0.2, 0) is 4.79 Å². The van der Waals surface area contributed by atoms with Crippen LogP contribution in [0.2, 0.25) is 0 Å². The van der Waals surface area contributed by atoms with Gasteiger partial charge in [0.15, 0.2) is 0 Å². The van der Waals surface area contributed by atoms with Crippen LogP contribution in [0.1, 0.15) is 47.9 Å². The molecule has 2 rings (SSSR count). The van der Waals surface area contributed by atoms with E-state index in [0.29, 0.717) is 42.1 Å².